The Hall–Kier alpha value is -3.30. The zero-order chi connectivity index (χ0) is 21.2. The van der Waals surface area contributed by atoms with Crippen molar-refractivity contribution >= 4 is 22.6 Å². The number of allylic oxidation sites excluding steroid dienone is 1. The number of anilines is 1. The lowest BCUT2D eigenvalue weighted by molar-refractivity contribution is 0.309. The first-order chi connectivity index (χ1) is 14.7. The molecule has 1 aromatic heterocycles. The van der Waals surface area contributed by atoms with Crippen molar-refractivity contribution in [3.63, 3.8) is 0 Å². The smallest absolute Gasteiger partial charge is 0.136 e. The van der Waals surface area contributed by atoms with E-state index in [2.05, 4.69) is 23.3 Å². The largest absolute Gasteiger partial charge is 0.494 e. The molecular weight excluding hydrogens is 394 g/mol. The summed E-state index contributed by atoms with van der Waals surface area (Å²) in [6, 6.07) is 17.7. The third-order valence-electron chi connectivity index (χ3n) is 4.32. The minimum absolute atomic E-state index is 0.487. The molecule has 0 spiro atoms. The van der Waals surface area contributed by atoms with Gasteiger partial charge in [0.25, 0.3) is 0 Å². The van der Waals surface area contributed by atoms with Crippen LogP contribution in [0.2, 0.25) is 0 Å². The number of hydrogen-bond donors (Lipinski definition) is 1. The van der Waals surface area contributed by atoms with E-state index in [-0.39, 0.29) is 0 Å². The lowest BCUT2D eigenvalue weighted by Crippen LogP contribution is -1.96. The summed E-state index contributed by atoms with van der Waals surface area (Å²) in [4.78, 5) is 4.62. The van der Waals surface area contributed by atoms with Crippen molar-refractivity contribution in [1.82, 2.24) is 4.98 Å². The molecule has 154 valence electrons. The fourth-order valence-corrected chi connectivity index (χ4v) is 3.49. The molecule has 2 aromatic carbocycles. The summed E-state index contributed by atoms with van der Waals surface area (Å²) in [5.74, 6) is 1.68. The van der Waals surface area contributed by atoms with Crippen molar-refractivity contribution in [3.8, 4) is 28.8 Å². The number of benzene rings is 2. The highest BCUT2D eigenvalue weighted by molar-refractivity contribution is 7.11. The van der Waals surface area contributed by atoms with Gasteiger partial charge in [0.15, 0.2) is 0 Å². The topological polar surface area (TPSA) is 67.2 Å². The Bertz CT molecular complexity index is 1000. The van der Waals surface area contributed by atoms with Gasteiger partial charge in [0.2, 0.25) is 0 Å². The summed E-state index contributed by atoms with van der Waals surface area (Å²) in [6.07, 6.45) is 3.84. The van der Waals surface area contributed by atoms with E-state index in [9.17, 15) is 5.26 Å². The second kappa shape index (κ2) is 11.0. The maximum Gasteiger partial charge on any atom is 0.136 e. The maximum atomic E-state index is 9.57. The average Bonchev–Trinajstić information content (AvgIpc) is 3.26. The number of nitrogens with zero attached hydrogens (tertiary/aromatic N) is 2. The Kier molecular flexibility index (Phi) is 7.87. The fourth-order valence-electron chi connectivity index (χ4n) is 2.70. The zero-order valence-electron chi connectivity index (χ0n) is 17.2. The summed E-state index contributed by atoms with van der Waals surface area (Å²) in [7, 11) is 0. The van der Waals surface area contributed by atoms with Gasteiger partial charge in [-0.25, -0.2) is 4.98 Å². The quantitative estimate of drug-likeness (QED) is 0.306. The predicted molar refractivity (Wildman–Crippen MR) is 123 cm³/mol. The van der Waals surface area contributed by atoms with Gasteiger partial charge in [0, 0.05) is 22.8 Å². The number of aromatic nitrogens is 1. The molecule has 0 aliphatic rings. The molecule has 30 heavy (non-hydrogen) atoms. The van der Waals surface area contributed by atoms with Crippen LogP contribution < -0.4 is 14.8 Å². The van der Waals surface area contributed by atoms with Gasteiger partial charge in [0.1, 0.15) is 28.1 Å². The zero-order valence-corrected chi connectivity index (χ0v) is 18.0. The van der Waals surface area contributed by atoms with Gasteiger partial charge in [-0.2, -0.15) is 5.26 Å². The number of rotatable bonds is 10. The molecule has 0 aliphatic heterocycles. The molecule has 1 heterocycles. The molecule has 0 radical (unpaired) electrons. The highest BCUT2D eigenvalue weighted by atomic mass is 32.1. The first-order valence-corrected chi connectivity index (χ1v) is 10.9. The van der Waals surface area contributed by atoms with E-state index in [1.165, 1.54) is 11.3 Å². The molecule has 0 unspecified atom stereocenters. The van der Waals surface area contributed by atoms with Crippen molar-refractivity contribution in [1.29, 1.82) is 5.26 Å². The normalized spacial score (nSPS) is 11.0. The Morgan fingerprint density at radius 1 is 1.07 bits per heavy atom. The number of unbranched alkanes of at least 4 members (excludes halogenated alkanes) is 1. The molecule has 0 atom stereocenters. The molecule has 0 saturated carbocycles. The predicted octanol–water partition coefficient (Wildman–Crippen LogP) is 6.36. The SMILES string of the molecule is CCCCOc1ccc(N/C=C(\C#N)c2nc(-c3ccc(OCC)cc3)cs2)cc1. The van der Waals surface area contributed by atoms with Crippen LogP contribution in [0.1, 0.15) is 31.7 Å². The van der Waals surface area contributed by atoms with Crippen molar-refractivity contribution in [3.05, 3.63) is 65.1 Å². The Labute approximate surface area is 181 Å². The summed E-state index contributed by atoms with van der Waals surface area (Å²) in [5.41, 5.74) is 3.20. The van der Waals surface area contributed by atoms with E-state index in [0.717, 1.165) is 47.9 Å². The van der Waals surface area contributed by atoms with Gasteiger partial charge in [-0.1, -0.05) is 13.3 Å². The molecule has 0 bridgehead atoms. The second-order valence-corrected chi connectivity index (χ2v) is 7.39. The van der Waals surface area contributed by atoms with Gasteiger partial charge >= 0.3 is 0 Å². The van der Waals surface area contributed by atoms with Crippen molar-refractivity contribution in [2.24, 2.45) is 0 Å². The monoisotopic (exact) mass is 419 g/mol. The highest BCUT2D eigenvalue weighted by Gasteiger charge is 2.09. The van der Waals surface area contributed by atoms with Crippen LogP contribution in [-0.2, 0) is 0 Å². The first-order valence-electron chi connectivity index (χ1n) is 10.0. The van der Waals surface area contributed by atoms with Crippen LogP contribution in [0.25, 0.3) is 16.8 Å². The third-order valence-corrected chi connectivity index (χ3v) is 5.20. The van der Waals surface area contributed by atoms with E-state index >= 15 is 0 Å². The number of hydrogen-bond acceptors (Lipinski definition) is 6. The number of ether oxygens (including phenoxy) is 2. The number of thiazole rings is 1. The van der Waals surface area contributed by atoms with Gasteiger partial charge in [-0.05, 0) is 61.9 Å². The molecule has 3 rings (SSSR count). The standard InChI is InChI=1S/C24H25N3O2S/c1-3-5-14-29-22-12-8-20(9-13-22)26-16-19(15-25)24-27-23(17-30-24)18-6-10-21(11-7-18)28-4-2/h6-13,16-17,26H,3-5,14H2,1-2H3/b19-16+. The molecule has 0 amide bonds. The van der Waals surface area contributed by atoms with Gasteiger partial charge < -0.3 is 14.8 Å². The summed E-state index contributed by atoms with van der Waals surface area (Å²) in [6.45, 7) is 5.46. The molecule has 6 heteroatoms. The van der Waals surface area contributed by atoms with Crippen LogP contribution in [-0.4, -0.2) is 18.2 Å². The van der Waals surface area contributed by atoms with Crippen molar-refractivity contribution in [2.45, 2.75) is 26.7 Å². The van der Waals surface area contributed by atoms with Crippen molar-refractivity contribution < 1.29 is 9.47 Å². The lowest BCUT2D eigenvalue weighted by Gasteiger charge is -2.06. The van der Waals surface area contributed by atoms with E-state index in [1.807, 2.05) is 60.8 Å². The molecule has 0 aliphatic carbocycles. The van der Waals surface area contributed by atoms with Gasteiger partial charge in [-0.15, -0.1) is 11.3 Å². The van der Waals surface area contributed by atoms with E-state index in [4.69, 9.17) is 9.47 Å². The molecular formula is C24H25N3O2S. The maximum absolute atomic E-state index is 9.57. The van der Waals surface area contributed by atoms with Crippen LogP contribution in [0.15, 0.2) is 60.1 Å². The fraction of sp³-hybridized carbons (Fsp3) is 0.250. The Balaban J connectivity index is 1.66. The van der Waals surface area contributed by atoms with Crippen LogP contribution in [0.4, 0.5) is 5.69 Å². The highest BCUT2D eigenvalue weighted by Crippen LogP contribution is 2.27. The molecule has 5 nitrogen and oxygen atoms in total. The summed E-state index contributed by atoms with van der Waals surface area (Å²) in [5, 5.41) is 15.4. The first kappa shape index (κ1) is 21.4. The van der Waals surface area contributed by atoms with E-state index < -0.39 is 0 Å². The summed E-state index contributed by atoms with van der Waals surface area (Å²) < 4.78 is 11.1. The third kappa shape index (κ3) is 5.85. The molecule has 0 saturated heterocycles. The second-order valence-electron chi connectivity index (χ2n) is 6.54. The van der Waals surface area contributed by atoms with E-state index in [1.54, 1.807) is 6.20 Å². The Morgan fingerprint density at radius 3 is 2.43 bits per heavy atom. The van der Waals surface area contributed by atoms with Crippen molar-refractivity contribution in [2.75, 3.05) is 18.5 Å². The molecule has 1 N–H and O–H groups in total. The van der Waals surface area contributed by atoms with E-state index in [0.29, 0.717) is 17.2 Å². The van der Waals surface area contributed by atoms with Crippen LogP contribution in [0.5, 0.6) is 11.5 Å². The molecule has 3 aromatic rings. The van der Waals surface area contributed by atoms with Crippen LogP contribution in [0.3, 0.4) is 0 Å². The molecule has 0 fully saturated rings. The number of nitrogens with one attached hydrogen (secondary N) is 1. The average molecular weight is 420 g/mol. The Morgan fingerprint density at radius 2 is 1.77 bits per heavy atom. The van der Waals surface area contributed by atoms with Gasteiger partial charge in [0.05, 0.1) is 18.9 Å². The lowest BCUT2D eigenvalue weighted by atomic mass is 10.2. The summed E-state index contributed by atoms with van der Waals surface area (Å²) >= 11 is 1.45. The number of nitriles is 1. The minimum Gasteiger partial charge on any atom is -0.494 e. The van der Waals surface area contributed by atoms with Crippen LogP contribution >= 0.6 is 11.3 Å². The van der Waals surface area contributed by atoms with Crippen LogP contribution in [0, 0.1) is 11.3 Å². The van der Waals surface area contributed by atoms with Gasteiger partial charge in [-0.3, -0.25) is 0 Å². The minimum atomic E-state index is 0.487.